The standard InChI is InChI=1S/C18H18F3N5O3S/c19-18(20,21)9-1-2-10(23-6-9)11-3-4-12(24-11)16(29)25-13(5-22)17-26-14(7-27)15(8-28)30-17/h1-4,6,13,24,27-28H,5,7-8,22H2,(H,25,29)/t13-/m1/s1. The van der Waals surface area contributed by atoms with E-state index < -0.39 is 23.7 Å². The van der Waals surface area contributed by atoms with E-state index >= 15 is 0 Å². The molecular weight excluding hydrogens is 423 g/mol. The van der Waals surface area contributed by atoms with E-state index in [2.05, 4.69) is 20.3 Å². The average Bonchev–Trinajstić information content (AvgIpc) is 3.38. The molecule has 0 radical (unpaired) electrons. The first kappa shape index (κ1) is 21.9. The molecule has 3 heterocycles. The van der Waals surface area contributed by atoms with E-state index in [1.165, 1.54) is 18.2 Å². The van der Waals surface area contributed by atoms with Gasteiger partial charge in [-0.1, -0.05) is 0 Å². The fourth-order valence-corrected chi connectivity index (χ4v) is 3.65. The Bertz CT molecular complexity index is 995. The molecule has 1 amide bonds. The normalized spacial score (nSPS) is 12.7. The minimum atomic E-state index is -4.48. The lowest BCUT2D eigenvalue weighted by atomic mass is 10.2. The molecule has 0 fully saturated rings. The summed E-state index contributed by atoms with van der Waals surface area (Å²) in [6.45, 7) is -0.611. The highest BCUT2D eigenvalue weighted by atomic mass is 32.1. The molecule has 0 aliphatic rings. The van der Waals surface area contributed by atoms with Gasteiger partial charge >= 0.3 is 6.18 Å². The minimum Gasteiger partial charge on any atom is -0.391 e. The first-order chi connectivity index (χ1) is 14.3. The number of rotatable bonds is 7. The zero-order valence-electron chi connectivity index (χ0n) is 15.4. The third-order valence-electron chi connectivity index (χ3n) is 4.22. The molecule has 0 spiro atoms. The largest absolute Gasteiger partial charge is 0.417 e. The molecule has 160 valence electrons. The van der Waals surface area contributed by atoms with Gasteiger partial charge < -0.3 is 26.2 Å². The molecule has 0 bridgehead atoms. The van der Waals surface area contributed by atoms with Crippen molar-refractivity contribution < 1.29 is 28.2 Å². The summed E-state index contributed by atoms with van der Waals surface area (Å²) in [5.41, 5.74) is 5.97. The highest BCUT2D eigenvalue weighted by Crippen LogP contribution is 2.29. The van der Waals surface area contributed by atoms with E-state index in [-0.39, 0.29) is 31.1 Å². The van der Waals surface area contributed by atoms with Gasteiger partial charge in [0.25, 0.3) is 5.91 Å². The first-order valence-electron chi connectivity index (χ1n) is 8.70. The summed E-state index contributed by atoms with van der Waals surface area (Å²) in [5, 5.41) is 21.8. The van der Waals surface area contributed by atoms with E-state index in [1.807, 2.05) is 0 Å². The number of aliphatic hydroxyl groups excluding tert-OH is 2. The number of aromatic amines is 1. The number of hydrogen-bond acceptors (Lipinski definition) is 7. The summed E-state index contributed by atoms with van der Waals surface area (Å²) in [4.78, 5) is 23.8. The van der Waals surface area contributed by atoms with Crippen LogP contribution in [0.25, 0.3) is 11.4 Å². The number of halogens is 3. The molecule has 0 unspecified atom stereocenters. The van der Waals surface area contributed by atoms with Crippen molar-refractivity contribution in [2.45, 2.75) is 25.4 Å². The summed E-state index contributed by atoms with van der Waals surface area (Å²) >= 11 is 1.13. The molecule has 0 saturated carbocycles. The number of hydrogen-bond donors (Lipinski definition) is 5. The molecule has 0 saturated heterocycles. The van der Waals surface area contributed by atoms with Gasteiger partial charge in [-0.15, -0.1) is 11.3 Å². The second kappa shape index (κ2) is 8.92. The molecule has 30 heavy (non-hydrogen) atoms. The van der Waals surface area contributed by atoms with Crippen LogP contribution in [0.3, 0.4) is 0 Å². The first-order valence-corrected chi connectivity index (χ1v) is 9.52. The van der Waals surface area contributed by atoms with Crippen molar-refractivity contribution in [1.29, 1.82) is 0 Å². The molecule has 1 atom stereocenters. The number of nitrogens with zero attached hydrogens (tertiary/aromatic N) is 2. The monoisotopic (exact) mass is 441 g/mol. The second-order valence-corrected chi connectivity index (χ2v) is 7.33. The van der Waals surface area contributed by atoms with Crippen LogP contribution in [0.1, 0.15) is 37.7 Å². The minimum absolute atomic E-state index is 0.0308. The Morgan fingerprint density at radius 1 is 1.23 bits per heavy atom. The third kappa shape index (κ3) is 4.67. The maximum atomic E-state index is 12.7. The number of aliphatic hydroxyl groups is 2. The van der Waals surface area contributed by atoms with Gasteiger partial charge in [0, 0.05) is 12.7 Å². The molecule has 3 rings (SSSR count). The van der Waals surface area contributed by atoms with Gasteiger partial charge in [0.05, 0.1) is 46.8 Å². The van der Waals surface area contributed by atoms with Crippen LogP contribution in [0.4, 0.5) is 13.2 Å². The quantitative estimate of drug-likeness (QED) is 0.380. The Labute approximate surface area is 172 Å². The molecule has 0 aliphatic carbocycles. The van der Waals surface area contributed by atoms with Crippen molar-refractivity contribution in [2.24, 2.45) is 5.73 Å². The lowest BCUT2D eigenvalue weighted by molar-refractivity contribution is -0.137. The molecule has 12 heteroatoms. The van der Waals surface area contributed by atoms with Crippen LogP contribution in [-0.4, -0.2) is 37.6 Å². The maximum Gasteiger partial charge on any atom is 0.417 e. The van der Waals surface area contributed by atoms with E-state index in [0.29, 0.717) is 21.3 Å². The number of aromatic nitrogens is 3. The lowest BCUT2D eigenvalue weighted by Gasteiger charge is -2.13. The van der Waals surface area contributed by atoms with Crippen molar-refractivity contribution in [3.63, 3.8) is 0 Å². The Hall–Kier alpha value is -2.80. The number of carbonyl (C=O) groups excluding carboxylic acids is 1. The van der Waals surface area contributed by atoms with Crippen LogP contribution in [0, 0.1) is 0 Å². The predicted octanol–water partition coefficient (Wildman–Crippen LogP) is 1.97. The van der Waals surface area contributed by atoms with Crippen molar-refractivity contribution in [2.75, 3.05) is 6.54 Å². The van der Waals surface area contributed by atoms with E-state index in [9.17, 15) is 28.2 Å². The predicted molar refractivity (Wildman–Crippen MR) is 102 cm³/mol. The zero-order chi connectivity index (χ0) is 21.9. The number of pyridine rings is 1. The van der Waals surface area contributed by atoms with Crippen LogP contribution in [0.15, 0.2) is 30.5 Å². The van der Waals surface area contributed by atoms with E-state index in [4.69, 9.17) is 5.73 Å². The SMILES string of the molecule is NC[C@@H](NC(=O)c1ccc(-c2ccc(C(F)(F)F)cn2)[nH]1)c1nc(CO)c(CO)s1. The number of alkyl halides is 3. The van der Waals surface area contributed by atoms with Gasteiger partial charge in [0.1, 0.15) is 10.7 Å². The summed E-state index contributed by atoms with van der Waals surface area (Å²) in [5.74, 6) is -0.505. The summed E-state index contributed by atoms with van der Waals surface area (Å²) in [6.07, 6.45) is -3.76. The van der Waals surface area contributed by atoms with Crippen LogP contribution < -0.4 is 11.1 Å². The smallest absolute Gasteiger partial charge is 0.391 e. The summed E-state index contributed by atoms with van der Waals surface area (Å²) < 4.78 is 38.0. The van der Waals surface area contributed by atoms with Gasteiger partial charge in [-0.05, 0) is 24.3 Å². The third-order valence-corrected chi connectivity index (χ3v) is 5.42. The highest BCUT2D eigenvalue weighted by Gasteiger charge is 2.30. The number of carbonyl (C=O) groups is 1. The van der Waals surface area contributed by atoms with E-state index in [1.54, 1.807) is 0 Å². The summed E-state index contributed by atoms with van der Waals surface area (Å²) in [7, 11) is 0. The topological polar surface area (TPSA) is 137 Å². The molecule has 0 aromatic carbocycles. The average molecular weight is 441 g/mol. The molecule has 6 N–H and O–H groups in total. The van der Waals surface area contributed by atoms with Crippen LogP contribution in [0.2, 0.25) is 0 Å². The zero-order valence-corrected chi connectivity index (χ0v) is 16.2. The Balaban J connectivity index is 1.74. The van der Waals surface area contributed by atoms with Crippen LogP contribution >= 0.6 is 11.3 Å². The van der Waals surface area contributed by atoms with Gasteiger partial charge in [-0.2, -0.15) is 13.2 Å². The number of nitrogens with two attached hydrogens (primary N) is 1. The van der Waals surface area contributed by atoms with Crippen molar-refractivity contribution in [3.8, 4) is 11.4 Å². The van der Waals surface area contributed by atoms with Crippen molar-refractivity contribution in [1.82, 2.24) is 20.3 Å². The second-order valence-electron chi connectivity index (χ2n) is 6.22. The molecule has 3 aromatic heterocycles. The number of thiazole rings is 1. The van der Waals surface area contributed by atoms with Gasteiger partial charge in [0.15, 0.2) is 0 Å². The molecule has 8 nitrogen and oxygen atoms in total. The van der Waals surface area contributed by atoms with Gasteiger partial charge in [-0.25, -0.2) is 4.98 Å². The van der Waals surface area contributed by atoms with Crippen LogP contribution in [-0.2, 0) is 19.4 Å². The highest BCUT2D eigenvalue weighted by molar-refractivity contribution is 7.11. The molecule has 3 aromatic rings. The number of amides is 1. The molecular formula is C18H18F3N5O3S. The maximum absolute atomic E-state index is 12.7. The van der Waals surface area contributed by atoms with Crippen molar-refractivity contribution >= 4 is 17.2 Å². The Morgan fingerprint density at radius 3 is 2.53 bits per heavy atom. The number of nitrogens with one attached hydrogen (secondary N) is 2. The Kier molecular flexibility index (Phi) is 6.51. The van der Waals surface area contributed by atoms with Gasteiger partial charge in [0.2, 0.25) is 0 Å². The summed E-state index contributed by atoms with van der Waals surface area (Å²) in [6, 6.07) is 4.47. The lowest BCUT2D eigenvalue weighted by Crippen LogP contribution is -2.33. The van der Waals surface area contributed by atoms with Crippen molar-refractivity contribution in [3.05, 3.63) is 57.3 Å². The van der Waals surface area contributed by atoms with E-state index in [0.717, 1.165) is 23.6 Å². The fraction of sp³-hybridized carbons (Fsp3) is 0.278. The fourth-order valence-electron chi connectivity index (χ4n) is 2.65. The Morgan fingerprint density at radius 2 is 2.00 bits per heavy atom. The number of H-pyrrole nitrogens is 1. The molecule has 0 aliphatic heterocycles. The van der Waals surface area contributed by atoms with Crippen LogP contribution in [0.5, 0.6) is 0 Å². The van der Waals surface area contributed by atoms with Gasteiger partial charge in [-0.3, -0.25) is 9.78 Å².